The number of anilines is 1. The molecule has 4 rings (SSSR count). The predicted octanol–water partition coefficient (Wildman–Crippen LogP) is 3.69. The fourth-order valence-corrected chi connectivity index (χ4v) is 4.47. The number of carbonyl (C=O) groups is 1. The first kappa shape index (κ1) is 21.5. The number of hydrogen-bond donors (Lipinski definition) is 0. The number of nitrogens with zero attached hydrogens (tertiary/aromatic N) is 4. The van der Waals surface area contributed by atoms with E-state index in [1.54, 1.807) is 0 Å². The molecule has 0 radical (unpaired) electrons. The third-order valence-electron chi connectivity index (χ3n) is 5.50. The Kier molecular flexibility index (Phi) is 6.94. The Labute approximate surface area is 187 Å². The Hall–Kier alpha value is -2.77. The maximum absolute atomic E-state index is 12.6. The van der Waals surface area contributed by atoms with Crippen molar-refractivity contribution in [1.82, 2.24) is 14.3 Å². The summed E-state index contributed by atoms with van der Waals surface area (Å²) in [5, 5.41) is 0.932. The number of carbonyl (C=O) groups excluding carboxylic acids is 1. The Morgan fingerprint density at radius 1 is 1.10 bits per heavy atom. The molecule has 0 spiro atoms. The van der Waals surface area contributed by atoms with Crippen molar-refractivity contribution in [3.8, 4) is 0 Å². The average molecular weight is 437 g/mol. The fourth-order valence-electron chi connectivity index (χ4n) is 3.75. The Balaban J connectivity index is 1.27. The van der Waals surface area contributed by atoms with Gasteiger partial charge in [0.2, 0.25) is 11.0 Å². The highest BCUT2D eigenvalue weighted by Crippen LogP contribution is 2.22. The lowest BCUT2D eigenvalue weighted by molar-refractivity contribution is -0.139. The molecule has 1 saturated heterocycles. The summed E-state index contributed by atoms with van der Waals surface area (Å²) < 4.78 is 10.2. The van der Waals surface area contributed by atoms with Crippen LogP contribution in [0.5, 0.6) is 0 Å². The fraction of sp³-hybridized carbons (Fsp3) is 0.375. The van der Waals surface area contributed by atoms with Gasteiger partial charge in [-0.15, -0.1) is 0 Å². The van der Waals surface area contributed by atoms with Gasteiger partial charge in [0.15, 0.2) is 0 Å². The van der Waals surface area contributed by atoms with Crippen molar-refractivity contribution in [3.05, 3.63) is 77.1 Å². The molecular formula is C24H28N4O2S. The van der Waals surface area contributed by atoms with Gasteiger partial charge in [-0.2, -0.15) is 4.37 Å². The van der Waals surface area contributed by atoms with E-state index in [4.69, 9.17) is 9.72 Å². The molecule has 1 aliphatic heterocycles. The number of ether oxygens (including phenoxy) is 1. The molecule has 0 N–H and O–H groups in total. The van der Waals surface area contributed by atoms with Gasteiger partial charge in [0.05, 0.1) is 6.61 Å². The van der Waals surface area contributed by atoms with Gasteiger partial charge in [-0.25, -0.2) is 4.98 Å². The number of piperazine rings is 1. The zero-order chi connectivity index (χ0) is 21.6. The van der Waals surface area contributed by atoms with Crippen LogP contribution in [0.1, 0.15) is 29.4 Å². The lowest BCUT2D eigenvalue weighted by Crippen LogP contribution is -2.55. The lowest BCUT2D eigenvalue weighted by atomic mass is 10.1. The summed E-state index contributed by atoms with van der Waals surface area (Å²) in [6.07, 6.45) is 0.740. The standard InChI is InChI=1S/C24H28N4O2S/c1-18-8-10-20(11-9-18)14-22-25-24(31-26-22)27-12-13-28(19(2)15-27)23(29)17-30-16-21-6-4-3-5-7-21/h3-11,19H,12-17H2,1-2H3. The first-order chi connectivity index (χ1) is 15.1. The van der Waals surface area contributed by atoms with E-state index in [1.807, 2.05) is 35.2 Å². The van der Waals surface area contributed by atoms with Crippen LogP contribution in [0.2, 0.25) is 0 Å². The van der Waals surface area contributed by atoms with Crippen LogP contribution >= 0.6 is 11.5 Å². The SMILES string of the molecule is Cc1ccc(Cc2nsc(N3CCN(C(=O)COCc4ccccc4)C(C)C3)n2)cc1. The van der Waals surface area contributed by atoms with E-state index in [-0.39, 0.29) is 18.6 Å². The van der Waals surface area contributed by atoms with Crippen molar-refractivity contribution in [1.29, 1.82) is 0 Å². The maximum atomic E-state index is 12.6. The summed E-state index contributed by atoms with van der Waals surface area (Å²) in [6.45, 7) is 6.91. The van der Waals surface area contributed by atoms with E-state index >= 15 is 0 Å². The summed E-state index contributed by atoms with van der Waals surface area (Å²) in [6, 6.07) is 18.5. The Morgan fingerprint density at radius 3 is 2.61 bits per heavy atom. The second-order valence-corrected chi connectivity index (χ2v) is 8.75. The normalized spacial score (nSPS) is 16.5. The molecule has 1 fully saturated rings. The molecule has 162 valence electrons. The van der Waals surface area contributed by atoms with Crippen LogP contribution < -0.4 is 4.90 Å². The number of hydrogen-bond acceptors (Lipinski definition) is 6. The summed E-state index contributed by atoms with van der Waals surface area (Å²) in [7, 11) is 0. The molecule has 1 unspecified atom stereocenters. The number of aryl methyl sites for hydroxylation is 1. The average Bonchev–Trinajstić information content (AvgIpc) is 3.24. The van der Waals surface area contributed by atoms with Crippen molar-refractivity contribution in [2.45, 2.75) is 32.9 Å². The van der Waals surface area contributed by atoms with Crippen LogP contribution in [0.25, 0.3) is 0 Å². The molecule has 31 heavy (non-hydrogen) atoms. The maximum Gasteiger partial charge on any atom is 0.248 e. The van der Waals surface area contributed by atoms with Crippen LogP contribution in [0.15, 0.2) is 54.6 Å². The Morgan fingerprint density at radius 2 is 1.87 bits per heavy atom. The quantitative estimate of drug-likeness (QED) is 0.565. The van der Waals surface area contributed by atoms with Crippen LogP contribution in [-0.4, -0.2) is 52.4 Å². The van der Waals surface area contributed by atoms with Gasteiger partial charge in [0.25, 0.3) is 0 Å². The minimum atomic E-state index is 0.0420. The van der Waals surface area contributed by atoms with Crippen molar-refractivity contribution < 1.29 is 9.53 Å². The number of aromatic nitrogens is 2. The first-order valence-electron chi connectivity index (χ1n) is 10.6. The number of rotatable bonds is 7. The summed E-state index contributed by atoms with van der Waals surface area (Å²) in [4.78, 5) is 21.5. The number of amides is 1. The van der Waals surface area contributed by atoms with Gasteiger partial charge < -0.3 is 14.5 Å². The molecule has 2 heterocycles. The third-order valence-corrected chi connectivity index (χ3v) is 6.31. The first-order valence-corrected chi connectivity index (χ1v) is 11.4. The van der Waals surface area contributed by atoms with Crippen LogP contribution in [0.4, 0.5) is 5.13 Å². The molecule has 1 aromatic heterocycles. The van der Waals surface area contributed by atoms with Crippen molar-refractivity contribution in [3.63, 3.8) is 0 Å². The summed E-state index contributed by atoms with van der Waals surface area (Å²) in [5.41, 5.74) is 3.54. The molecule has 3 aromatic rings. The monoisotopic (exact) mass is 436 g/mol. The van der Waals surface area contributed by atoms with Gasteiger partial charge in [-0.3, -0.25) is 4.79 Å². The largest absolute Gasteiger partial charge is 0.367 e. The zero-order valence-corrected chi connectivity index (χ0v) is 18.8. The van der Waals surface area contributed by atoms with Crippen molar-refractivity contribution in [2.24, 2.45) is 0 Å². The van der Waals surface area contributed by atoms with E-state index in [1.165, 1.54) is 22.7 Å². The van der Waals surface area contributed by atoms with E-state index < -0.39 is 0 Å². The summed E-state index contributed by atoms with van der Waals surface area (Å²) in [5.74, 6) is 0.893. The second kappa shape index (κ2) is 10.0. The molecule has 0 saturated carbocycles. The smallest absolute Gasteiger partial charge is 0.248 e. The Bertz CT molecular complexity index is 990. The molecule has 0 aliphatic carbocycles. The lowest BCUT2D eigenvalue weighted by Gasteiger charge is -2.39. The van der Waals surface area contributed by atoms with E-state index in [2.05, 4.69) is 47.4 Å². The second-order valence-electron chi connectivity index (χ2n) is 8.02. The highest BCUT2D eigenvalue weighted by molar-refractivity contribution is 7.09. The van der Waals surface area contributed by atoms with Crippen LogP contribution in [0, 0.1) is 6.92 Å². The minimum Gasteiger partial charge on any atom is -0.367 e. The minimum absolute atomic E-state index is 0.0420. The molecule has 1 aliphatic rings. The highest BCUT2D eigenvalue weighted by Gasteiger charge is 2.29. The number of benzene rings is 2. The zero-order valence-electron chi connectivity index (χ0n) is 18.0. The van der Waals surface area contributed by atoms with Gasteiger partial charge in [-0.05, 0) is 25.0 Å². The van der Waals surface area contributed by atoms with Gasteiger partial charge in [-0.1, -0.05) is 60.2 Å². The van der Waals surface area contributed by atoms with E-state index in [9.17, 15) is 4.79 Å². The summed E-state index contributed by atoms with van der Waals surface area (Å²) >= 11 is 1.44. The predicted molar refractivity (Wildman–Crippen MR) is 123 cm³/mol. The topological polar surface area (TPSA) is 58.6 Å². The third kappa shape index (κ3) is 5.68. The molecule has 1 atom stereocenters. The van der Waals surface area contributed by atoms with E-state index in [0.29, 0.717) is 13.2 Å². The van der Waals surface area contributed by atoms with Gasteiger partial charge in [0, 0.05) is 43.6 Å². The van der Waals surface area contributed by atoms with Gasteiger partial charge >= 0.3 is 0 Å². The van der Waals surface area contributed by atoms with Crippen molar-refractivity contribution >= 4 is 22.6 Å². The van der Waals surface area contributed by atoms with Crippen molar-refractivity contribution in [2.75, 3.05) is 31.1 Å². The van der Waals surface area contributed by atoms with Crippen LogP contribution in [-0.2, 0) is 22.6 Å². The molecule has 6 nitrogen and oxygen atoms in total. The molecule has 7 heteroatoms. The van der Waals surface area contributed by atoms with E-state index in [0.717, 1.165) is 36.0 Å². The van der Waals surface area contributed by atoms with Gasteiger partial charge in [0.1, 0.15) is 12.4 Å². The highest BCUT2D eigenvalue weighted by atomic mass is 32.1. The molecule has 1 amide bonds. The molecule has 0 bridgehead atoms. The molecular weight excluding hydrogens is 408 g/mol. The molecule has 2 aromatic carbocycles. The van der Waals surface area contributed by atoms with Crippen LogP contribution in [0.3, 0.4) is 0 Å².